The van der Waals surface area contributed by atoms with Crippen molar-refractivity contribution in [1.29, 1.82) is 0 Å². The van der Waals surface area contributed by atoms with Crippen molar-refractivity contribution >= 4 is 44.8 Å². The predicted molar refractivity (Wildman–Crippen MR) is 121 cm³/mol. The van der Waals surface area contributed by atoms with Gasteiger partial charge in [0.25, 0.3) is 11.8 Å². The monoisotopic (exact) mass is 469 g/mol. The van der Waals surface area contributed by atoms with Gasteiger partial charge in [0.05, 0.1) is 17.5 Å². The Balaban J connectivity index is 1.58. The van der Waals surface area contributed by atoms with Gasteiger partial charge in [-0.1, -0.05) is 15.9 Å². The van der Waals surface area contributed by atoms with Crippen molar-refractivity contribution in [2.45, 2.75) is 32.9 Å². The van der Waals surface area contributed by atoms with Crippen LogP contribution in [0.5, 0.6) is 0 Å². The summed E-state index contributed by atoms with van der Waals surface area (Å²) in [5.74, 6) is 0.160. The van der Waals surface area contributed by atoms with Gasteiger partial charge in [0, 0.05) is 47.0 Å². The molecule has 0 saturated carbocycles. The van der Waals surface area contributed by atoms with Crippen molar-refractivity contribution in [1.82, 2.24) is 15.6 Å². The molecular weight excluding hydrogens is 446 g/mol. The summed E-state index contributed by atoms with van der Waals surface area (Å²) in [4.78, 5) is 31.5. The zero-order valence-corrected chi connectivity index (χ0v) is 18.7. The number of nitrogens with zero attached hydrogens (tertiary/aromatic N) is 2. The highest BCUT2D eigenvalue weighted by Crippen LogP contribution is 2.28. The van der Waals surface area contributed by atoms with Crippen LogP contribution < -0.4 is 20.9 Å². The van der Waals surface area contributed by atoms with E-state index in [0.29, 0.717) is 28.8 Å². The fourth-order valence-electron chi connectivity index (χ4n) is 4.07. The molecular formula is C22H24BrN5O2. The van der Waals surface area contributed by atoms with Crippen molar-refractivity contribution < 1.29 is 9.59 Å². The highest BCUT2D eigenvalue weighted by Gasteiger charge is 2.27. The number of halogens is 1. The fourth-order valence-corrected chi connectivity index (χ4v) is 4.43. The summed E-state index contributed by atoms with van der Waals surface area (Å²) in [6, 6.07) is 8.09. The van der Waals surface area contributed by atoms with E-state index in [9.17, 15) is 9.59 Å². The Morgan fingerprint density at radius 2 is 1.87 bits per heavy atom. The highest BCUT2D eigenvalue weighted by molar-refractivity contribution is 9.10. The molecule has 0 aliphatic carbocycles. The number of amides is 2. The molecule has 8 heteroatoms. The third kappa shape index (κ3) is 4.11. The maximum Gasteiger partial charge on any atom is 0.260 e. The van der Waals surface area contributed by atoms with E-state index in [1.54, 1.807) is 30.6 Å². The topological polar surface area (TPSA) is 86.4 Å². The zero-order valence-electron chi connectivity index (χ0n) is 17.1. The summed E-state index contributed by atoms with van der Waals surface area (Å²) in [5, 5.41) is 9.08. The van der Waals surface area contributed by atoms with Crippen LogP contribution in [0, 0.1) is 6.92 Å². The summed E-state index contributed by atoms with van der Waals surface area (Å²) >= 11 is 3.41. The summed E-state index contributed by atoms with van der Waals surface area (Å²) in [6.07, 6.45) is 3.39. The number of hydrogen-bond donors (Lipinski definition) is 3. The molecule has 2 aliphatic rings. The minimum absolute atomic E-state index is 0.388. The van der Waals surface area contributed by atoms with Crippen molar-refractivity contribution in [3.63, 3.8) is 0 Å². The molecule has 0 unspecified atom stereocenters. The molecule has 3 N–H and O–H groups in total. The van der Waals surface area contributed by atoms with Crippen LogP contribution in [0.4, 0.5) is 11.5 Å². The molecule has 4 rings (SSSR count). The number of carbonyl (C=O) groups excluding carboxylic acids is 2. The quantitative estimate of drug-likeness (QED) is 0.473. The van der Waals surface area contributed by atoms with E-state index in [1.165, 1.54) is 0 Å². The summed E-state index contributed by atoms with van der Waals surface area (Å²) in [6.45, 7) is 8.21. The molecule has 2 aliphatic heterocycles. The van der Waals surface area contributed by atoms with Crippen LogP contribution in [0.15, 0.2) is 41.1 Å². The highest BCUT2D eigenvalue weighted by atomic mass is 79.9. The number of piperazine rings is 1. The maximum absolute atomic E-state index is 12.4. The molecule has 7 nitrogen and oxygen atoms in total. The van der Waals surface area contributed by atoms with Crippen molar-refractivity contribution in [3.8, 4) is 0 Å². The number of aryl methyl sites for hydroxylation is 1. The van der Waals surface area contributed by atoms with Crippen molar-refractivity contribution in [3.05, 3.63) is 57.8 Å². The molecule has 30 heavy (non-hydrogen) atoms. The van der Waals surface area contributed by atoms with Crippen molar-refractivity contribution in [2.75, 3.05) is 23.3 Å². The van der Waals surface area contributed by atoms with Crippen LogP contribution in [0.3, 0.4) is 0 Å². The van der Waals surface area contributed by atoms with Crippen LogP contribution in [-0.2, 0) is 4.79 Å². The molecule has 3 heterocycles. The Hall–Kier alpha value is -2.71. The molecule has 1 aromatic carbocycles. The number of anilines is 2. The molecule has 2 atom stereocenters. The lowest BCUT2D eigenvalue weighted by molar-refractivity contribution is -0.114. The van der Waals surface area contributed by atoms with Crippen LogP contribution >= 0.6 is 15.9 Å². The molecule has 2 aromatic rings. The second-order valence-corrected chi connectivity index (χ2v) is 8.83. The number of benzene rings is 1. The Kier molecular flexibility index (Phi) is 5.62. The number of nitrogens with one attached hydrogen (secondary N) is 3. The van der Waals surface area contributed by atoms with E-state index in [-0.39, 0.29) is 5.91 Å². The van der Waals surface area contributed by atoms with E-state index in [4.69, 9.17) is 0 Å². The SMILES string of the molecule is Cc1cc(N/C=C2\C(=O)NC(=O)c3ccc(Br)cc32)cnc1N1C[C@@H](C)N[C@@H](C)C1. The van der Waals surface area contributed by atoms with E-state index in [1.807, 2.05) is 13.0 Å². The first-order valence-corrected chi connectivity index (χ1v) is 10.7. The van der Waals surface area contributed by atoms with E-state index >= 15 is 0 Å². The number of rotatable bonds is 3. The molecule has 1 fully saturated rings. The molecule has 0 bridgehead atoms. The Bertz CT molecular complexity index is 1040. The standard InChI is InChI=1S/C22H24BrN5O2/c1-12-6-16(8-25-20(12)28-10-13(2)26-14(3)11-28)24-9-19-18-7-15(23)4-5-17(18)21(29)27-22(19)30/h4-9,13-14,24,26H,10-11H2,1-3H3,(H,27,29,30)/b19-9-/t13-,14+. The van der Waals surface area contributed by atoms with Gasteiger partial charge in [-0.15, -0.1) is 0 Å². The lowest BCUT2D eigenvalue weighted by atomic mass is 9.95. The average Bonchev–Trinajstić information content (AvgIpc) is 2.66. The minimum atomic E-state index is -0.428. The van der Waals surface area contributed by atoms with Gasteiger partial charge in [-0.05, 0) is 50.6 Å². The molecule has 0 radical (unpaired) electrons. The number of fused-ring (bicyclic) bond motifs is 1. The summed E-state index contributed by atoms with van der Waals surface area (Å²) < 4.78 is 0.802. The van der Waals surface area contributed by atoms with Crippen LogP contribution in [0.2, 0.25) is 0 Å². The second-order valence-electron chi connectivity index (χ2n) is 7.91. The smallest absolute Gasteiger partial charge is 0.260 e. The Morgan fingerprint density at radius 3 is 2.57 bits per heavy atom. The Morgan fingerprint density at radius 1 is 1.13 bits per heavy atom. The Labute approximate surface area is 184 Å². The third-order valence-corrected chi connectivity index (χ3v) is 5.77. The van der Waals surface area contributed by atoms with Crippen LogP contribution in [0.1, 0.15) is 35.3 Å². The number of aromatic nitrogens is 1. The van der Waals surface area contributed by atoms with Gasteiger partial charge in [0.15, 0.2) is 0 Å². The molecule has 2 amide bonds. The lowest BCUT2D eigenvalue weighted by Crippen LogP contribution is -2.54. The first-order valence-electron chi connectivity index (χ1n) is 9.92. The average molecular weight is 470 g/mol. The first kappa shape index (κ1) is 20.6. The van der Waals surface area contributed by atoms with Gasteiger partial charge < -0.3 is 15.5 Å². The van der Waals surface area contributed by atoms with Gasteiger partial charge in [0.1, 0.15) is 5.82 Å². The number of pyridine rings is 1. The zero-order chi connectivity index (χ0) is 21.4. The van der Waals surface area contributed by atoms with Crippen molar-refractivity contribution in [2.24, 2.45) is 0 Å². The number of carbonyl (C=O) groups is 2. The summed E-state index contributed by atoms with van der Waals surface area (Å²) in [7, 11) is 0. The third-order valence-electron chi connectivity index (χ3n) is 5.28. The first-order chi connectivity index (χ1) is 14.3. The molecule has 156 valence electrons. The largest absolute Gasteiger partial charge is 0.360 e. The van der Waals surface area contributed by atoms with Crippen LogP contribution in [0.25, 0.3) is 5.57 Å². The second kappa shape index (κ2) is 8.20. The number of hydrogen-bond acceptors (Lipinski definition) is 6. The maximum atomic E-state index is 12.4. The molecule has 1 aromatic heterocycles. The fraction of sp³-hybridized carbons (Fsp3) is 0.318. The lowest BCUT2D eigenvalue weighted by Gasteiger charge is -2.37. The number of imide groups is 1. The normalized spacial score (nSPS) is 22.7. The molecule has 1 saturated heterocycles. The van der Waals surface area contributed by atoms with Gasteiger partial charge in [-0.2, -0.15) is 0 Å². The van der Waals surface area contributed by atoms with Gasteiger partial charge in [-0.25, -0.2) is 4.98 Å². The van der Waals surface area contributed by atoms with E-state index in [2.05, 4.69) is 55.6 Å². The van der Waals surface area contributed by atoms with E-state index < -0.39 is 5.91 Å². The van der Waals surface area contributed by atoms with Crippen LogP contribution in [-0.4, -0.2) is 42.0 Å². The molecule has 0 spiro atoms. The predicted octanol–water partition coefficient (Wildman–Crippen LogP) is 3.06. The summed E-state index contributed by atoms with van der Waals surface area (Å²) in [5.41, 5.74) is 3.30. The minimum Gasteiger partial charge on any atom is -0.360 e. The van der Waals surface area contributed by atoms with E-state index in [0.717, 1.165) is 34.6 Å². The van der Waals surface area contributed by atoms with Gasteiger partial charge in [0.2, 0.25) is 0 Å². The van der Waals surface area contributed by atoms with Gasteiger partial charge in [-0.3, -0.25) is 14.9 Å². The van der Waals surface area contributed by atoms with Gasteiger partial charge >= 0.3 is 0 Å².